The largest absolute Gasteiger partial charge is 0.497 e. The molecule has 0 aliphatic carbocycles. The van der Waals surface area contributed by atoms with E-state index >= 15 is 0 Å². The second-order valence-electron chi connectivity index (χ2n) is 7.42. The lowest BCUT2D eigenvalue weighted by Crippen LogP contribution is -2.33. The van der Waals surface area contributed by atoms with Crippen molar-refractivity contribution in [3.05, 3.63) is 88.1 Å². The van der Waals surface area contributed by atoms with E-state index in [1.807, 2.05) is 50.2 Å². The summed E-state index contributed by atoms with van der Waals surface area (Å²) in [5, 5.41) is -0.436. The highest BCUT2D eigenvalue weighted by molar-refractivity contribution is 8.18. The molecule has 2 amide bonds. The van der Waals surface area contributed by atoms with Gasteiger partial charge in [0.2, 0.25) is 0 Å². The van der Waals surface area contributed by atoms with Crippen LogP contribution < -0.4 is 4.74 Å². The van der Waals surface area contributed by atoms with Crippen molar-refractivity contribution < 1.29 is 19.1 Å². The van der Waals surface area contributed by atoms with Crippen molar-refractivity contribution in [2.24, 2.45) is 0 Å². The number of carbonyl (C=O) groups excluding carboxylic acids is 3. The molecular formula is C25H22N2O4S. The fourth-order valence-corrected chi connectivity index (χ4v) is 4.53. The van der Waals surface area contributed by atoms with Crippen LogP contribution in [0.3, 0.4) is 0 Å². The van der Waals surface area contributed by atoms with Crippen molar-refractivity contribution >= 4 is 34.8 Å². The maximum absolute atomic E-state index is 12.9. The van der Waals surface area contributed by atoms with Gasteiger partial charge < -0.3 is 9.30 Å². The van der Waals surface area contributed by atoms with Crippen LogP contribution in [0.25, 0.3) is 11.8 Å². The lowest BCUT2D eigenvalue weighted by atomic mass is 10.1. The van der Waals surface area contributed by atoms with Crippen LogP contribution in [0.15, 0.2) is 65.6 Å². The second-order valence-corrected chi connectivity index (χ2v) is 8.41. The number of hydrogen-bond acceptors (Lipinski definition) is 5. The zero-order valence-electron chi connectivity index (χ0n) is 18.0. The van der Waals surface area contributed by atoms with E-state index < -0.39 is 11.1 Å². The van der Waals surface area contributed by atoms with Crippen molar-refractivity contribution in [1.29, 1.82) is 0 Å². The average Bonchev–Trinajstić information content (AvgIpc) is 3.23. The van der Waals surface area contributed by atoms with Crippen molar-refractivity contribution in [3.63, 3.8) is 0 Å². The first-order chi connectivity index (χ1) is 15.4. The minimum atomic E-state index is -0.446. The number of aromatic nitrogens is 1. The summed E-state index contributed by atoms with van der Waals surface area (Å²) in [7, 11) is 1.62. The quantitative estimate of drug-likeness (QED) is 0.393. The standard InChI is InChI=1S/C25H22N2O4S/c1-16-13-19(17(2)27(16)20-9-11-21(31-3)12-10-20)14-23-24(29)26(25(30)32-23)15-22(28)18-7-5-4-6-8-18/h4-14H,15H2,1-3H3/b23-14-. The number of carbonyl (C=O) groups is 3. The summed E-state index contributed by atoms with van der Waals surface area (Å²) in [6.07, 6.45) is 1.72. The third kappa shape index (κ3) is 4.11. The van der Waals surface area contributed by atoms with Crippen LogP contribution in [0.2, 0.25) is 0 Å². The van der Waals surface area contributed by atoms with Crippen LogP contribution in [-0.4, -0.2) is 40.1 Å². The Morgan fingerprint density at radius 2 is 1.72 bits per heavy atom. The summed E-state index contributed by atoms with van der Waals surface area (Å²) in [6, 6.07) is 18.3. The zero-order valence-corrected chi connectivity index (χ0v) is 18.8. The Balaban J connectivity index is 1.58. The van der Waals surface area contributed by atoms with Crippen molar-refractivity contribution in [3.8, 4) is 11.4 Å². The highest BCUT2D eigenvalue weighted by atomic mass is 32.2. The first-order valence-corrected chi connectivity index (χ1v) is 10.9. The topological polar surface area (TPSA) is 68.6 Å². The number of imide groups is 1. The Kier molecular flexibility index (Phi) is 6.01. The highest BCUT2D eigenvalue weighted by Crippen LogP contribution is 2.34. The second kappa shape index (κ2) is 8.88. The molecule has 0 spiro atoms. The van der Waals surface area contributed by atoms with Gasteiger partial charge in [-0.1, -0.05) is 30.3 Å². The molecule has 4 rings (SSSR count). The first-order valence-electron chi connectivity index (χ1n) is 10.1. The van der Waals surface area contributed by atoms with Crippen LogP contribution in [0.4, 0.5) is 4.79 Å². The predicted molar refractivity (Wildman–Crippen MR) is 125 cm³/mol. The van der Waals surface area contributed by atoms with Gasteiger partial charge in [-0.15, -0.1) is 0 Å². The van der Waals surface area contributed by atoms with Gasteiger partial charge in [-0.3, -0.25) is 19.3 Å². The van der Waals surface area contributed by atoms with Gasteiger partial charge in [0.05, 0.1) is 18.6 Å². The van der Waals surface area contributed by atoms with E-state index in [0.29, 0.717) is 10.5 Å². The molecular weight excluding hydrogens is 424 g/mol. The molecule has 0 radical (unpaired) electrons. The number of nitrogens with zero attached hydrogens (tertiary/aromatic N) is 2. The van der Waals surface area contributed by atoms with E-state index in [9.17, 15) is 14.4 Å². The van der Waals surface area contributed by atoms with E-state index in [0.717, 1.165) is 45.1 Å². The smallest absolute Gasteiger partial charge is 0.293 e. The number of rotatable bonds is 6. The molecule has 0 saturated carbocycles. The van der Waals surface area contributed by atoms with Crippen molar-refractivity contribution in [2.45, 2.75) is 13.8 Å². The number of ketones is 1. The molecule has 0 atom stereocenters. The van der Waals surface area contributed by atoms with E-state index in [1.165, 1.54) is 0 Å². The van der Waals surface area contributed by atoms with Crippen LogP contribution in [0.1, 0.15) is 27.3 Å². The summed E-state index contributed by atoms with van der Waals surface area (Å²) in [5.41, 5.74) is 4.23. The zero-order chi connectivity index (χ0) is 22.8. The van der Waals surface area contributed by atoms with Gasteiger partial charge in [0.15, 0.2) is 5.78 Å². The monoisotopic (exact) mass is 446 g/mol. The number of ether oxygens (including phenoxy) is 1. The molecule has 1 aromatic heterocycles. The maximum atomic E-state index is 12.9. The molecule has 1 aliphatic heterocycles. The van der Waals surface area contributed by atoms with Crippen LogP contribution >= 0.6 is 11.8 Å². The number of amides is 2. The highest BCUT2D eigenvalue weighted by Gasteiger charge is 2.36. The summed E-state index contributed by atoms with van der Waals surface area (Å²) in [6.45, 7) is 3.68. The van der Waals surface area contributed by atoms with Gasteiger partial charge in [-0.2, -0.15) is 0 Å². The van der Waals surface area contributed by atoms with Gasteiger partial charge in [0.1, 0.15) is 5.75 Å². The number of hydrogen-bond donors (Lipinski definition) is 0. The van der Waals surface area contributed by atoms with Crippen molar-refractivity contribution in [2.75, 3.05) is 13.7 Å². The molecule has 32 heavy (non-hydrogen) atoms. The minimum Gasteiger partial charge on any atom is -0.497 e. The summed E-state index contributed by atoms with van der Waals surface area (Å²) < 4.78 is 7.31. The Morgan fingerprint density at radius 1 is 1.03 bits per heavy atom. The number of aryl methyl sites for hydroxylation is 1. The van der Waals surface area contributed by atoms with E-state index in [2.05, 4.69) is 4.57 Å². The van der Waals surface area contributed by atoms with Gasteiger partial charge in [0, 0.05) is 22.6 Å². The van der Waals surface area contributed by atoms with E-state index in [-0.39, 0.29) is 12.3 Å². The molecule has 2 aromatic carbocycles. The van der Waals surface area contributed by atoms with Crippen molar-refractivity contribution in [1.82, 2.24) is 9.47 Å². The van der Waals surface area contributed by atoms with Crippen LogP contribution in [0, 0.1) is 13.8 Å². The molecule has 1 saturated heterocycles. The van der Waals surface area contributed by atoms with Crippen LogP contribution in [-0.2, 0) is 4.79 Å². The van der Waals surface area contributed by atoms with E-state index in [4.69, 9.17) is 4.74 Å². The molecule has 0 unspecified atom stereocenters. The first kappa shape index (κ1) is 21.6. The lowest BCUT2D eigenvalue weighted by molar-refractivity contribution is -0.122. The molecule has 0 bridgehead atoms. The predicted octanol–water partition coefficient (Wildman–Crippen LogP) is 5.02. The molecule has 1 fully saturated rings. The number of methoxy groups -OCH3 is 1. The fourth-order valence-electron chi connectivity index (χ4n) is 3.70. The SMILES string of the molecule is COc1ccc(-n2c(C)cc(/C=C3\SC(=O)N(CC(=O)c4ccccc4)C3=O)c2C)cc1. The van der Waals surface area contributed by atoms with E-state index in [1.54, 1.807) is 37.5 Å². The maximum Gasteiger partial charge on any atom is 0.293 e. The minimum absolute atomic E-state index is 0.267. The van der Waals surface area contributed by atoms with Gasteiger partial charge >= 0.3 is 0 Å². The normalized spacial score (nSPS) is 15.0. The summed E-state index contributed by atoms with van der Waals surface area (Å²) in [4.78, 5) is 39.1. The molecule has 1 aliphatic rings. The van der Waals surface area contributed by atoms with Gasteiger partial charge in [-0.25, -0.2) is 0 Å². The molecule has 7 heteroatoms. The Hall–Kier alpha value is -3.58. The summed E-state index contributed by atoms with van der Waals surface area (Å²) in [5.74, 6) is 0.0560. The lowest BCUT2D eigenvalue weighted by Gasteiger charge is -2.11. The Bertz CT molecular complexity index is 1230. The summed E-state index contributed by atoms with van der Waals surface area (Å²) >= 11 is 0.859. The molecule has 162 valence electrons. The number of thioether (sulfide) groups is 1. The molecule has 6 nitrogen and oxygen atoms in total. The number of Topliss-reactive ketones (excluding diaryl/α,β-unsaturated/α-hetero) is 1. The third-order valence-corrected chi connectivity index (χ3v) is 6.27. The van der Waals surface area contributed by atoms with Gasteiger partial charge in [-0.05, 0) is 67.6 Å². The fraction of sp³-hybridized carbons (Fsp3) is 0.160. The Labute approximate surface area is 190 Å². The van der Waals surface area contributed by atoms with Gasteiger partial charge in [0.25, 0.3) is 11.1 Å². The number of benzene rings is 2. The molecule has 2 heterocycles. The Morgan fingerprint density at radius 3 is 2.38 bits per heavy atom. The molecule has 3 aromatic rings. The molecule has 0 N–H and O–H groups in total. The average molecular weight is 447 g/mol. The van der Waals surface area contributed by atoms with Crippen LogP contribution in [0.5, 0.6) is 5.75 Å². The third-order valence-electron chi connectivity index (χ3n) is 5.36.